The number of hydrogen-bond donors (Lipinski definition) is 0. The van der Waals surface area contributed by atoms with E-state index in [0.29, 0.717) is 25.5 Å². The Hall–Kier alpha value is -2.48. The number of rotatable bonds is 3. The van der Waals surface area contributed by atoms with Gasteiger partial charge < -0.3 is 14.4 Å². The number of benzene rings is 1. The Labute approximate surface area is 129 Å². The lowest BCUT2D eigenvalue weighted by Crippen LogP contribution is -2.25. The van der Waals surface area contributed by atoms with E-state index in [4.69, 9.17) is 9.47 Å². The SMILES string of the molecule is O=c1nc(OCc2cccc(F)c2F)cc2n1CC1OCCN21. The summed E-state index contributed by atoms with van der Waals surface area (Å²) in [7, 11) is 0. The van der Waals surface area contributed by atoms with E-state index in [-0.39, 0.29) is 24.3 Å². The summed E-state index contributed by atoms with van der Waals surface area (Å²) in [4.78, 5) is 17.8. The van der Waals surface area contributed by atoms with Crippen molar-refractivity contribution >= 4 is 5.82 Å². The van der Waals surface area contributed by atoms with Gasteiger partial charge in [0.05, 0.1) is 13.2 Å². The summed E-state index contributed by atoms with van der Waals surface area (Å²) in [5, 5.41) is 0. The number of hydrogen-bond acceptors (Lipinski definition) is 5. The van der Waals surface area contributed by atoms with E-state index in [0.717, 1.165) is 6.07 Å². The minimum absolute atomic E-state index is 0.0646. The van der Waals surface area contributed by atoms with Crippen LogP contribution in [0.5, 0.6) is 5.88 Å². The molecular formula is C15H13F2N3O3. The van der Waals surface area contributed by atoms with Crippen LogP contribution in [-0.4, -0.2) is 28.9 Å². The average Bonchev–Trinajstić information content (AvgIpc) is 3.11. The van der Waals surface area contributed by atoms with Gasteiger partial charge in [-0.2, -0.15) is 4.98 Å². The molecule has 2 aliphatic heterocycles. The highest BCUT2D eigenvalue weighted by molar-refractivity contribution is 5.47. The zero-order valence-electron chi connectivity index (χ0n) is 12.0. The van der Waals surface area contributed by atoms with Crippen LogP contribution in [0.25, 0.3) is 0 Å². The average molecular weight is 321 g/mol. The third kappa shape index (κ3) is 2.35. The zero-order valence-corrected chi connectivity index (χ0v) is 12.0. The number of anilines is 1. The number of nitrogens with zero attached hydrogens (tertiary/aromatic N) is 3. The Morgan fingerprint density at radius 1 is 1.39 bits per heavy atom. The molecule has 4 rings (SSSR count). The minimum Gasteiger partial charge on any atom is -0.472 e. The normalized spacial score (nSPS) is 18.9. The van der Waals surface area contributed by atoms with E-state index in [1.807, 2.05) is 4.90 Å². The molecule has 120 valence electrons. The van der Waals surface area contributed by atoms with E-state index in [2.05, 4.69) is 4.98 Å². The Balaban J connectivity index is 1.59. The molecular weight excluding hydrogens is 308 g/mol. The molecule has 6 nitrogen and oxygen atoms in total. The van der Waals surface area contributed by atoms with Crippen molar-refractivity contribution in [2.45, 2.75) is 19.4 Å². The fourth-order valence-electron chi connectivity index (χ4n) is 2.86. The summed E-state index contributed by atoms with van der Waals surface area (Å²) in [6, 6.07) is 5.47. The summed E-state index contributed by atoms with van der Waals surface area (Å²) >= 11 is 0. The van der Waals surface area contributed by atoms with Crippen molar-refractivity contribution in [2.24, 2.45) is 0 Å². The lowest BCUT2D eigenvalue weighted by atomic mass is 10.2. The Kier molecular flexibility index (Phi) is 3.26. The molecule has 8 heteroatoms. The summed E-state index contributed by atoms with van der Waals surface area (Å²) in [6.07, 6.45) is -0.152. The first-order chi connectivity index (χ1) is 11.1. The van der Waals surface area contributed by atoms with Crippen LogP contribution >= 0.6 is 0 Å². The minimum atomic E-state index is -0.960. The van der Waals surface area contributed by atoms with Gasteiger partial charge >= 0.3 is 5.69 Å². The molecule has 23 heavy (non-hydrogen) atoms. The molecule has 1 saturated heterocycles. The van der Waals surface area contributed by atoms with Crippen LogP contribution in [0.2, 0.25) is 0 Å². The van der Waals surface area contributed by atoms with Crippen LogP contribution in [0.15, 0.2) is 29.1 Å². The van der Waals surface area contributed by atoms with Crippen LogP contribution in [0.4, 0.5) is 14.6 Å². The maximum absolute atomic E-state index is 13.6. The maximum atomic E-state index is 13.6. The first-order valence-corrected chi connectivity index (χ1v) is 7.19. The van der Waals surface area contributed by atoms with Crippen molar-refractivity contribution in [1.82, 2.24) is 9.55 Å². The van der Waals surface area contributed by atoms with Gasteiger partial charge in [-0.15, -0.1) is 0 Å². The zero-order chi connectivity index (χ0) is 16.0. The molecule has 0 bridgehead atoms. The topological polar surface area (TPSA) is 56.6 Å². The van der Waals surface area contributed by atoms with Crippen LogP contribution in [0.3, 0.4) is 0 Å². The highest BCUT2D eigenvalue weighted by Gasteiger charge is 2.35. The predicted molar refractivity (Wildman–Crippen MR) is 76.3 cm³/mol. The van der Waals surface area contributed by atoms with E-state index in [1.165, 1.54) is 16.7 Å². The second kappa shape index (κ2) is 5.31. The summed E-state index contributed by atoms with van der Waals surface area (Å²) in [5.41, 5.74) is -0.384. The molecule has 1 atom stereocenters. The van der Waals surface area contributed by atoms with Gasteiger partial charge in [0.15, 0.2) is 11.6 Å². The van der Waals surface area contributed by atoms with Crippen LogP contribution in [0, 0.1) is 11.6 Å². The molecule has 1 fully saturated rings. The van der Waals surface area contributed by atoms with Gasteiger partial charge in [-0.05, 0) is 6.07 Å². The van der Waals surface area contributed by atoms with Gasteiger partial charge in [-0.1, -0.05) is 12.1 Å². The molecule has 3 heterocycles. The molecule has 2 aliphatic rings. The summed E-state index contributed by atoms with van der Waals surface area (Å²) < 4.78 is 39.2. The first-order valence-electron chi connectivity index (χ1n) is 7.19. The Bertz CT molecular complexity index is 824. The predicted octanol–water partition coefficient (Wildman–Crippen LogP) is 1.28. The van der Waals surface area contributed by atoms with E-state index in [9.17, 15) is 13.6 Å². The van der Waals surface area contributed by atoms with Crippen molar-refractivity contribution in [3.63, 3.8) is 0 Å². The third-order valence-corrected chi connectivity index (χ3v) is 4.00. The number of fused-ring (bicyclic) bond motifs is 3. The van der Waals surface area contributed by atoms with Crippen molar-refractivity contribution in [2.75, 3.05) is 18.1 Å². The highest BCUT2D eigenvalue weighted by Crippen LogP contribution is 2.30. The number of aromatic nitrogens is 2. The fourth-order valence-corrected chi connectivity index (χ4v) is 2.86. The standard InChI is InChI=1S/C15H13F2N3O3/c16-10-3-1-2-9(14(10)17)8-23-11-6-12-19-4-5-22-13(19)7-20(12)15(21)18-11/h1-3,6,13H,4-5,7-8H2. The molecule has 0 radical (unpaired) electrons. The molecule has 1 aromatic carbocycles. The lowest BCUT2D eigenvalue weighted by molar-refractivity contribution is 0.108. The van der Waals surface area contributed by atoms with Crippen LogP contribution < -0.4 is 15.3 Å². The second-order valence-corrected chi connectivity index (χ2v) is 5.37. The van der Waals surface area contributed by atoms with Gasteiger partial charge in [0.25, 0.3) is 0 Å². The highest BCUT2D eigenvalue weighted by atomic mass is 19.2. The lowest BCUT2D eigenvalue weighted by Gasteiger charge is -2.15. The van der Waals surface area contributed by atoms with Crippen molar-refractivity contribution in [3.8, 4) is 5.88 Å². The van der Waals surface area contributed by atoms with Crippen molar-refractivity contribution in [1.29, 1.82) is 0 Å². The Morgan fingerprint density at radius 2 is 2.26 bits per heavy atom. The van der Waals surface area contributed by atoms with Crippen LogP contribution in [-0.2, 0) is 17.9 Å². The number of ether oxygens (including phenoxy) is 2. The smallest absolute Gasteiger partial charge is 0.352 e. The molecule has 0 N–H and O–H groups in total. The quantitative estimate of drug-likeness (QED) is 0.852. The number of halogens is 2. The van der Waals surface area contributed by atoms with Crippen LogP contribution in [0.1, 0.15) is 5.56 Å². The maximum Gasteiger partial charge on any atom is 0.352 e. The van der Waals surface area contributed by atoms with Gasteiger partial charge in [0.1, 0.15) is 18.7 Å². The van der Waals surface area contributed by atoms with Gasteiger partial charge in [-0.3, -0.25) is 4.57 Å². The Morgan fingerprint density at radius 3 is 3.13 bits per heavy atom. The molecule has 1 unspecified atom stereocenters. The van der Waals surface area contributed by atoms with E-state index in [1.54, 1.807) is 6.07 Å². The van der Waals surface area contributed by atoms with Gasteiger partial charge in [0.2, 0.25) is 5.88 Å². The largest absolute Gasteiger partial charge is 0.472 e. The van der Waals surface area contributed by atoms with Crippen molar-refractivity contribution < 1.29 is 18.3 Å². The molecule has 0 aliphatic carbocycles. The second-order valence-electron chi connectivity index (χ2n) is 5.37. The summed E-state index contributed by atoms with van der Waals surface area (Å²) in [6.45, 7) is 1.51. The molecule has 1 aromatic heterocycles. The monoisotopic (exact) mass is 321 g/mol. The molecule has 0 amide bonds. The van der Waals surface area contributed by atoms with Gasteiger partial charge in [-0.25, -0.2) is 13.6 Å². The van der Waals surface area contributed by atoms with Crippen molar-refractivity contribution in [3.05, 3.63) is 51.9 Å². The van der Waals surface area contributed by atoms with E-state index < -0.39 is 17.3 Å². The molecule has 0 spiro atoms. The fraction of sp³-hybridized carbons (Fsp3) is 0.333. The molecule has 0 saturated carbocycles. The molecule has 2 aromatic rings. The summed E-state index contributed by atoms with van der Waals surface area (Å²) in [5.74, 6) is -1.15. The van der Waals surface area contributed by atoms with E-state index >= 15 is 0 Å². The third-order valence-electron chi connectivity index (χ3n) is 4.00. The first kappa shape index (κ1) is 14.1. The van der Waals surface area contributed by atoms with Gasteiger partial charge in [0, 0.05) is 18.2 Å².